The highest BCUT2D eigenvalue weighted by Crippen LogP contribution is 2.30. The number of para-hydroxylation sites is 1. The molecule has 1 heterocycles. The van der Waals surface area contributed by atoms with Crippen molar-refractivity contribution in [1.82, 2.24) is 4.98 Å². The highest BCUT2D eigenvalue weighted by molar-refractivity contribution is 5.92. The lowest BCUT2D eigenvalue weighted by Gasteiger charge is -2.11. The monoisotopic (exact) mass is 289 g/mol. The van der Waals surface area contributed by atoms with Gasteiger partial charge in [-0.25, -0.2) is 4.79 Å². The van der Waals surface area contributed by atoms with Gasteiger partial charge in [-0.15, -0.1) is 0 Å². The largest absolute Gasteiger partial charge is 0.422 e. The fourth-order valence-electron chi connectivity index (χ4n) is 2.25. The Morgan fingerprint density at radius 1 is 0.909 bits per heavy atom. The molecule has 0 saturated heterocycles. The highest BCUT2D eigenvalue weighted by Gasteiger charge is 2.13. The Hall–Kier alpha value is -2.94. The van der Waals surface area contributed by atoms with Crippen molar-refractivity contribution in [3.8, 4) is 17.0 Å². The van der Waals surface area contributed by atoms with Crippen LogP contribution in [0.5, 0.6) is 5.75 Å². The van der Waals surface area contributed by atoms with Crippen LogP contribution in [-0.2, 0) is 0 Å². The summed E-state index contributed by atoms with van der Waals surface area (Å²) in [4.78, 5) is 16.6. The third-order valence-corrected chi connectivity index (χ3v) is 3.36. The van der Waals surface area contributed by atoms with E-state index >= 15 is 0 Å². The van der Waals surface area contributed by atoms with Gasteiger partial charge in [0.05, 0.1) is 11.3 Å². The van der Waals surface area contributed by atoms with Crippen molar-refractivity contribution in [3.05, 3.63) is 84.1 Å². The second-order valence-electron chi connectivity index (χ2n) is 4.92. The minimum atomic E-state index is -0.373. The van der Waals surface area contributed by atoms with Crippen LogP contribution >= 0.6 is 0 Å². The van der Waals surface area contributed by atoms with E-state index in [4.69, 9.17) is 4.74 Å². The molecular weight excluding hydrogens is 274 g/mol. The molecule has 0 fully saturated rings. The van der Waals surface area contributed by atoms with E-state index in [1.54, 1.807) is 24.4 Å². The fourth-order valence-corrected chi connectivity index (χ4v) is 2.25. The second kappa shape index (κ2) is 6.22. The number of rotatable bonds is 3. The van der Waals surface area contributed by atoms with Crippen molar-refractivity contribution < 1.29 is 9.53 Å². The van der Waals surface area contributed by atoms with Crippen molar-refractivity contribution in [2.45, 2.75) is 6.92 Å². The van der Waals surface area contributed by atoms with Crippen LogP contribution in [0.15, 0.2) is 72.9 Å². The second-order valence-corrected chi connectivity index (χ2v) is 4.92. The summed E-state index contributed by atoms with van der Waals surface area (Å²) in [6, 6.07) is 20.3. The quantitative estimate of drug-likeness (QED) is 0.533. The van der Waals surface area contributed by atoms with Crippen molar-refractivity contribution >= 4 is 5.97 Å². The van der Waals surface area contributed by atoms with Gasteiger partial charge in [0.15, 0.2) is 0 Å². The van der Waals surface area contributed by atoms with E-state index in [0.29, 0.717) is 11.3 Å². The molecule has 3 rings (SSSR count). The van der Waals surface area contributed by atoms with Crippen LogP contribution in [0.2, 0.25) is 0 Å². The summed E-state index contributed by atoms with van der Waals surface area (Å²) in [7, 11) is 0. The zero-order valence-corrected chi connectivity index (χ0v) is 12.2. The van der Waals surface area contributed by atoms with Gasteiger partial charge < -0.3 is 4.74 Å². The molecule has 0 bridgehead atoms. The Morgan fingerprint density at radius 2 is 1.64 bits per heavy atom. The molecule has 3 aromatic rings. The number of aromatic nitrogens is 1. The van der Waals surface area contributed by atoms with Crippen molar-refractivity contribution in [2.24, 2.45) is 0 Å². The molecule has 22 heavy (non-hydrogen) atoms. The van der Waals surface area contributed by atoms with Gasteiger partial charge in [0.1, 0.15) is 5.75 Å². The molecule has 2 aromatic carbocycles. The van der Waals surface area contributed by atoms with Crippen LogP contribution < -0.4 is 4.74 Å². The highest BCUT2D eigenvalue weighted by atomic mass is 16.5. The molecule has 0 amide bonds. The van der Waals surface area contributed by atoms with Gasteiger partial charge in [-0.1, -0.05) is 36.4 Å². The topological polar surface area (TPSA) is 39.2 Å². The number of hydrogen-bond acceptors (Lipinski definition) is 3. The molecule has 0 aliphatic carbocycles. The summed E-state index contributed by atoms with van der Waals surface area (Å²) in [6.45, 7) is 1.98. The lowest BCUT2D eigenvalue weighted by Crippen LogP contribution is -2.09. The maximum atomic E-state index is 12.2. The van der Waals surface area contributed by atoms with Gasteiger partial charge in [0, 0.05) is 11.8 Å². The number of pyridine rings is 1. The Labute approximate surface area is 129 Å². The summed E-state index contributed by atoms with van der Waals surface area (Å²) in [5.74, 6) is 0.139. The minimum Gasteiger partial charge on any atom is -0.422 e. The van der Waals surface area contributed by atoms with E-state index in [1.165, 1.54) is 0 Å². The van der Waals surface area contributed by atoms with Crippen LogP contribution in [0.3, 0.4) is 0 Å². The normalized spacial score (nSPS) is 10.2. The predicted octanol–water partition coefficient (Wildman–Crippen LogP) is 4.28. The van der Waals surface area contributed by atoms with Crippen LogP contribution in [0.4, 0.5) is 0 Å². The first kappa shape index (κ1) is 14.0. The minimum absolute atomic E-state index is 0.373. The Kier molecular flexibility index (Phi) is 3.97. The molecule has 0 spiro atoms. The molecule has 0 aliphatic heterocycles. The Bertz CT molecular complexity index is 797. The fraction of sp³-hybridized carbons (Fsp3) is 0.0526. The van der Waals surface area contributed by atoms with Gasteiger partial charge in [-0.2, -0.15) is 0 Å². The standard InChI is InChI=1S/C19H15NO2/c1-14-8-7-13-20-18(14)16-11-5-6-12-17(16)22-19(21)15-9-3-2-4-10-15/h2-13H,1H3. The molecule has 0 N–H and O–H groups in total. The van der Waals surface area contributed by atoms with Gasteiger partial charge >= 0.3 is 5.97 Å². The summed E-state index contributed by atoms with van der Waals surface area (Å²) in [6.07, 6.45) is 1.73. The summed E-state index contributed by atoms with van der Waals surface area (Å²) < 4.78 is 5.56. The average molecular weight is 289 g/mol. The number of benzene rings is 2. The van der Waals surface area contributed by atoms with E-state index in [9.17, 15) is 4.79 Å². The van der Waals surface area contributed by atoms with Crippen LogP contribution in [0, 0.1) is 6.92 Å². The molecule has 1 aromatic heterocycles. The van der Waals surface area contributed by atoms with Gasteiger partial charge in [0.25, 0.3) is 0 Å². The van der Waals surface area contributed by atoms with E-state index < -0.39 is 0 Å². The summed E-state index contributed by atoms with van der Waals surface area (Å²) in [5, 5.41) is 0. The van der Waals surface area contributed by atoms with E-state index in [-0.39, 0.29) is 5.97 Å². The molecular formula is C19H15NO2. The Morgan fingerprint density at radius 3 is 2.41 bits per heavy atom. The number of carbonyl (C=O) groups excluding carboxylic acids is 1. The molecule has 0 atom stereocenters. The predicted molar refractivity (Wildman–Crippen MR) is 85.8 cm³/mol. The molecule has 3 nitrogen and oxygen atoms in total. The number of esters is 1. The molecule has 0 unspecified atom stereocenters. The van der Waals surface area contributed by atoms with E-state index in [2.05, 4.69) is 4.98 Å². The molecule has 108 valence electrons. The SMILES string of the molecule is Cc1cccnc1-c1ccccc1OC(=O)c1ccccc1. The van der Waals surface area contributed by atoms with Crippen molar-refractivity contribution in [3.63, 3.8) is 0 Å². The summed E-state index contributed by atoms with van der Waals surface area (Å²) in [5.41, 5.74) is 3.18. The molecule has 3 heteroatoms. The number of hydrogen-bond donors (Lipinski definition) is 0. The third-order valence-electron chi connectivity index (χ3n) is 3.36. The first-order chi connectivity index (χ1) is 10.8. The number of carbonyl (C=O) groups is 1. The van der Waals surface area contributed by atoms with Crippen LogP contribution in [-0.4, -0.2) is 11.0 Å². The average Bonchev–Trinajstić information content (AvgIpc) is 2.57. The van der Waals surface area contributed by atoms with E-state index in [1.807, 2.05) is 55.5 Å². The zero-order valence-electron chi connectivity index (χ0n) is 12.2. The third kappa shape index (κ3) is 2.88. The summed E-state index contributed by atoms with van der Waals surface area (Å²) >= 11 is 0. The van der Waals surface area contributed by atoms with Gasteiger partial charge in [0.2, 0.25) is 0 Å². The number of ether oxygens (including phenoxy) is 1. The smallest absolute Gasteiger partial charge is 0.343 e. The van der Waals surface area contributed by atoms with E-state index in [0.717, 1.165) is 16.8 Å². The van der Waals surface area contributed by atoms with Gasteiger partial charge in [-0.05, 0) is 42.8 Å². The van der Waals surface area contributed by atoms with Gasteiger partial charge in [-0.3, -0.25) is 4.98 Å². The number of nitrogens with zero attached hydrogens (tertiary/aromatic N) is 1. The lowest BCUT2D eigenvalue weighted by atomic mass is 10.1. The first-order valence-corrected chi connectivity index (χ1v) is 7.04. The van der Waals surface area contributed by atoms with Crippen LogP contribution in [0.25, 0.3) is 11.3 Å². The Balaban J connectivity index is 1.96. The lowest BCUT2D eigenvalue weighted by molar-refractivity contribution is 0.0735. The van der Waals surface area contributed by atoms with Crippen LogP contribution in [0.1, 0.15) is 15.9 Å². The zero-order chi connectivity index (χ0) is 15.4. The van der Waals surface area contributed by atoms with Crippen molar-refractivity contribution in [1.29, 1.82) is 0 Å². The molecule has 0 aliphatic rings. The molecule has 0 saturated carbocycles. The molecule has 0 radical (unpaired) electrons. The van der Waals surface area contributed by atoms with Crippen molar-refractivity contribution in [2.75, 3.05) is 0 Å². The first-order valence-electron chi connectivity index (χ1n) is 7.04. The maximum absolute atomic E-state index is 12.2. The number of aryl methyl sites for hydroxylation is 1. The maximum Gasteiger partial charge on any atom is 0.343 e.